The van der Waals surface area contributed by atoms with Gasteiger partial charge in [0.15, 0.2) is 0 Å². The van der Waals surface area contributed by atoms with Gasteiger partial charge in [0, 0.05) is 5.56 Å². The lowest BCUT2D eigenvalue weighted by molar-refractivity contribution is -0.117. The van der Waals surface area contributed by atoms with E-state index in [1.54, 1.807) is 0 Å². The Bertz CT molecular complexity index is 960. The van der Waals surface area contributed by atoms with Crippen LogP contribution in [0.4, 0.5) is 18.9 Å². The maximum Gasteiger partial charge on any atom is 0.437 e. The quantitative estimate of drug-likeness (QED) is 0.785. The summed E-state index contributed by atoms with van der Waals surface area (Å²) in [5.41, 5.74) is -0.291. The minimum absolute atomic E-state index is 0.116. The van der Waals surface area contributed by atoms with E-state index in [9.17, 15) is 22.8 Å². The number of aromatic nitrogens is 2. The number of amides is 1. The number of hydrogen-bond donors (Lipinski definition) is 1. The van der Waals surface area contributed by atoms with Crippen molar-refractivity contribution in [1.82, 2.24) is 9.78 Å². The number of anilines is 1. The SMILES string of the molecule is O=C(Cn1nc(-c2ccc(F)cc2)oc1=O)Nc1c(F)cccc1F. The van der Waals surface area contributed by atoms with Crippen molar-refractivity contribution in [3.8, 4) is 11.5 Å². The van der Waals surface area contributed by atoms with Crippen LogP contribution < -0.4 is 11.1 Å². The summed E-state index contributed by atoms with van der Waals surface area (Å²) in [4.78, 5) is 23.6. The predicted octanol–water partition coefficient (Wildman–Crippen LogP) is 2.56. The summed E-state index contributed by atoms with van der Waals surface area (Å²) in [6, 6.07) is 8.11. The van der Waals surface area contributed by atoms with Crippen molar-refractivity contribution in [2.24, 2.45) is 0 Å². The van der Waals surface area contributed by atoms with Gasteiger partial charge in [0.25, 0.3) is 0 Å². The van der Waals surface area contributed by atoms with Crippen LogP contribution in [0, 0.1) is 17.5 Å². The van der Waals surface area contributed by atoms with E-state index in [2.05, 4.69) is 5.10 Å². The second kappa shape index (κ2) is 6.63. The molecule has 2 aromatic carbocycles. The van der Waals surface area contributed by atoms with Crippen molar-refractivity contribution in [2.75, 3.05) is 5.32 Å². The maximum atomic E-state index is 13.5. The van der Waals surface area contributed by atoms with E-state index in [-0.39, 0.29) is 5.89 Å². The molecule has 0 atom stereocenters. The fourth-order valence-electron chi connectivity index (χ4n) is 2.05. The van der Waals surface area contributed by atoms with Gasteiger partial charge in [-0.25, -0.2) is 18.0 Å². The fourth-order valence-corrected chi connectivity index (χ4v) is 2.05. The first-order chi connectivity index (χ1) is 11.9. The second-order valence-corrected chi connectivity index (χ2v) is 4.98. The zero-order valence-electron chi connectivity index (χ0n) is 12.5. The molecule has 1 N–H and O–H groups in total. The molecule has 1 aromatic heterocycles. The standard InChI is InChI=1S/C16H10F3N3O3/c17-10-6-4-9(5-7-10)15-21-22(16(24)25-15)8-13(23)20-14-11(18)2-1-3-12(14)19/h1-7H,8H2,(H,20,23). The third kappa shape index (κ3) is 3.60. The molecule has 25 heavy (non-hydrogen) atoms. The Kier molecular flexibility index (Phi) is 4.38. The van der Waals surface area contributed by atoms with Crippen molar-refractivity contribution < 1.29 is 22.4 Å². The van der Waals surface area contributed by atoms with E-state index in [0.717, 1.165) is 30.3 Å². The van der Waals surface area contributed by atoms with Crippen LogP contribution in [0.15, 0.2) is 51.7 Å². The van der Waals surface area contributed by atoms with E-state index in [0.29, 0.717) is 10.2 Å². The number of nitrogens with one attached hydrogen (secondary N) is 1. The van der Waals surface area contributed by atoms with Crippen LogP contribution in [0.25, 0.3) is 11.5 Å². The largest absolute Gasteiger partial charge is 0.437 e. The van der Waals surface area contributed by atoms with Crippen molar-refractivity contribution >= 4 is 11.6 Å². The molecule has 0 aliphatic rings. The molecule has 9 heteroatoms. The van der Waals surface area contributed by atoms with Crippen molar-refractivity contribution in [3.63, 3.8) is 0 Å². The molecule has 1 heterocycles. The summed E-state index contributed by atoms with van der Waals surface area (Å²) >= 11 is 0. The van der Waals surface area contributed by atoms with Gasteiger partial charge in [-0.3, -0.25) is 4.79 Å². The molecule has 0 fully saturated rings. The molecular weight excluding hydrogens is 339 g/mol. The van der Waals surface area contributed by atoms with Gasteiger partial charge in [-0.2, -0.15) is 4.68 Å². The highest BCUT2D eigenvalue weighted by molar-refractivity contribution is 5.90. The third-order valence-corrected chi connectivity index (χ3v) is 3.22. The molecule has 3 aromatic rings. The lowest BCUT2D eigenvalue weighted by Gasteiger charge is -2.06. The Morgan fingerprint density at radius 3 is 2.36 bits per heavy atom. The Morgan fingerprint density at radius 2 is 1.72 bits per heavy atom. The summed E-state index contributed by atoms with van der Waals surface area (Å²) in [6.45, 7) is -0.614. The number of nitrogens with zero attached hydrogens (tertiary/aromatic N) is 2. The minimum Gasteiger partial charge on any atom is -0.388 e. The average Bonchev–Trinajstić information content (AvgIpc) is 2.92. The first-order valence-corrected chi connectivity index (χ1v) is 7.02. The summed E-state index contributed by atoms with van der Waals surface area (Å²) in [5, 5.41) is 5.83. The maximum absolute atomic E-state index is 13.5. The summed E-state index contributed by atoms with van der Waals surface area (Å²) in [6.07, 6.45) is 0. The average molecular weight is 349 g/mol. The Labute approximate surface area is 138 Å². The van der Waals surface area contributed by atoms with Crippen LogP contribution in [0.1, 0.15) is 0 Å². The van der Waals surface area contributed by atoms with Gasteiger partial charge >= 0.3 is 5.76 Å². The zero-order valence-corrected chi connectivity index (χ0v) is 12.5. The van der Waals surface area contributed by atoms with Crippen molar-refractivity contribution in [1.29, 1.82) is 0 Å². The van der Waals surface area contributed by atoms with E-state index in [4.69, 9.17) is 4.42 Å². The molecule has 0 aliphatic carbocycles. The van der Waals surface area contributed by atoms with Crippen molar-refractivity contribution in [3.05, 3.63) is 70.5 Å². The highest BCUT2D eigenvalue weighted by atomic mass is 19.1. The molecule has 1 amide bonds. The molecule has 0 saturated carbocycles. The molecule has 128 valence electrons. The van der Waals surface area contributed by atoms with E-state index in [1.165, 1.54) is 12.1 Å². The molecular formula is C16H10F3N3O3. The topological polar surface area (TPSA) is 77.1 Å². The minimum atomic E-state index is -0.951. The van der Waals surface area contributed by atoms with Gasteiger partial charge in [0.1, 0.15) is 29.7 Å². The van der Waals surface area contributed by atoms with E-state index in [1.807, 2.05) is 5.32 Å². The van der Waals surface area contributed by atoms with Gasteiger partial charge in [0.2, 0.25) is 11.8 Å². The molecule has 3 rings (SSSR count). The van der Waals surface area contributed by atoms with Gasteiger partial charge in [-0.15, -0.1) is 5.10 Å². The third-order valence-electron chi connectivity index (χ3n) is 3.22. The van der Waals surface area contributed by atoms with E-state index < -0.39 is 41.3 Å². The number of benzene rings is 2. The Balaban J connectivity index is 1.78. The normalized spacial score (nSPS) is 10.7. The molecule has 0 unspecified atom stereocenters. The fraction of sp³-hybridized carbons (Fsp3) is 0.0625. The van der Waals surface area contributed by atoms with Crippen LogP contribution in [0.5, 0.6) is 0 Å². The molecule has 0 spiro atoms. The van der Waals surface area contributed by atoms with Gasteiger partial charge < -0.3 is 9.73 Å². The van der Waals surface area contributed by atoms with Crippen LogP contribution in [-0.2, 0) is 11.3 Å². The number of halogens is 3. The van der Waals surface area contributed by atoms with Crippen LogP contribution in [0.3, 0.4) is 0 Å². The Hall–Kier alpha value is -3.36. The van der Waals surface area contributed by atoms with E-state index >= 15 is 0 Å². The number of hydrogen-bond acceptors (Lipinski definition) is 4. The predicted molar refractivity (Wildman–Crippen MR) is 81.1 cm³/mol. The van der Waals surface area contributed by atoms with Gasteiger partial charge in [0.05, 0.1) is 0 Å². The molecule has 0 saturated heterocycles. The Morgan fingerprint density at radius 1 is 1.08 bits per heavy atom. The monoisotopic (exact) mass is 349 g/mol. The van der Waals surface area contributed by atoms with Crippen LogP contribution in [-0.4, -0.2) is 15.7 Å². The first kappa shape index (κ1) is 16.5. The van der Waals surface area contributed by atoms with Crippen LogP contribution >= 0.6 is 0 Å². The van der Waals surface area contributed by atoms with Gasteiger partial charge in [-0.1, -0.05) is 6.07 Å². The highest BCUT2D eigenvalue weighted by Gasteiger charge is 2.16. The smallest absolute Gasteiger partial charge is 0.388 e. The highest BCUT2D eigenvalue weighted by Crippen LogP contribution is 2.18. The molecule has 6 nitrogen and oxygen atoms in total. The number of carbonyl (C=O) groups excluding carboxylic acids is 1. The lowest BCUT2D eigenvalue weighted by Crippen LogP contribution is -2.26. The summed E-state index contributed by atoms with van der Waals surface area (Å²) in [7, 11) is 0. The second-order valence-electron chi connectivity index (χ2n) is 4.98. The molecule has 0 radical (unpaired) electrons. The number of para-hydroxylation sites is 1. The lowest BCUT2D eigenvalue weighted by atomic mass is 10.2. The zero-order chi connectivity index (χ0) is 18.0. The van der Waals surface area contributed by atoms with Crippen LogP contribution in [0.2, 0.25) is 0 Å². The molecule has 0 bridgehead atoms. The van der Waals surface area contributed by atoms with Gasteiger partial charge in [-0.05, 0) is 36.4 Å². The summed E-state index contributed by atoms with van der Waals surface area (Å²) < 4.78 is 45.5. The summed E-state index contributed by atoms with van der Waals surface area (Å²) in [5.74, 6) is -4.30. The van der Waals surface area contributed by atoms with Crippen molar-refractivity contribution in [2.45, 2.75) is 6.54 Å². The number of carbonyl (C=O) groups is 1. The number of rotatable bonds is 4. The first-order valence-electron chi connectivity index (χ1n) is 7.02. The molecule has 0 aliphatic heterocycles.